The minimum atomic E-state index is -0.682. The van der Waals surface area contributed by atoms with E-state index >= 15 is 0 Å². The van der Waals surface area contributed by atoms with Crippen molar-refractivity contribution in [1.29, 1.82) is 0 Å². The lowest BCUT2D eigenvalue weighted by Crippen LogP contribution is -2.13. The molecule has 0 aliphatic heterocycles. The second-order valence-electron chi connectivity index (χ2n) is 8.20. The third-order valence-corrected chi connectivity index (χ3v) is 5.40. The zero-order chi connectivity index (χ0) is 20.2. The number of rotatable bonds is 21. The third-order valence-electron chi connectivity index (χ3n) is 5.40. The van der Waals surface area contributed by atoms with E-state index in [1.807, 2.05) is 0 Å². The predicted octanol–water partition coefficient (Wildman–Crippen LogP) is 6.22. The van der Waals surface area contributed by atoms with E-state index in [0.717, 1.165) is 57.8 Å². The molecular weight excluding hydrogens is 340 g/mol. The van der Waals surface area contributed by atoms with Crippen molar-refractivity contribution >= 4 is 5.97 Å². The largest absolute Gasteiger partial charge is 0.481 e. The van der Waals surface area contributed by atoms with Crippen molar-refractivity contribution in [2.24, 2.45) is 0 Å². The van der Waals surface area contributed by atoms with Crippen LogP contribution in [0.5, 0.6) is 0 Å². The van der Waals surface area contributed by atoms with Crippen molar-refractivity contribution in [3.05, 3.63) is 0 Å². The summed E-state index contributed by atoms with van der Waals surface area (Å²) in [5.74, 6) is -0.682. The first-order chi connectivity index (χ1) is 13.1. The molecule has 0 spiro atoms. The smallest absolute Gasteiger partial charge is 0.303 e. The van der Waals surface area contributed by atoms with Crippen molar-refractivity contribution in [3.8, 4) is 0 Å². The maximum absolute atomic E-state index is 10.4. The highest BCUT2D eigenvalue weighted by Crippen LogP contribution is 2.15. The van der Waals surface area contributed by atoms with E-state index in [-0.39, 0.29) is 12.2 Å². The molecule has 0 fully saturated rings. The quantitative estimate of drug-likeness (QED) is 0.204. The molecule has 0 saturated carbocycles. The zero-order valence-corrected chi connectivity index (χ0v) is 17.8. The first-order valence-corrected chi connectivity index (χ1v) is 11.6. The van der Waals surface area contributed by atoms with E-state index < -0.39 is 5.97 Å². The lowest BCUT2D eigenvalue weighted by Gasteiger charge is -2.14. The highest BCUT2D eigenvalue weighted by atomic mass is 16.4. The summed E-state index contributed by atoms with van der Waals surface area (Å²) < 4.78 is 0. The molecule has 0 aromatic carbocycles. The number of unbranched alkanes of at least 4 members (excludes halogenated alkanes) is 12. The number of carboxylic acids is 1. The molecule has 2 unspecified atom stereocenters. The van der Waals surface area contributed by atoms with Crippen LogP contribution in [-0.4, -0.2) is 33.5 Å². The maximum atomic E-state index is 10.4. The van der Waals surface area contributed by atoms with E-state index in [4.69, 9.17) is 5.11 Å². The van der Waals surface area contributed by atoms with Crippen LogP contribution in [-0.2, 0) is 4.79 Å². The van der Waals surface area contributed by atoms with Gasteiger partial charge in [-0.15, -0.1) is 0 Å². The molecule has 0 aromatic rings. The van der Waals surface area contributed by atoms with Crippen LogP contribution in [0.2, 0.25) is 0 Å². The van der Waals surface area contributed by atoms with E-state index in [1.54, 1.807) is 0 Å². The van der Waals surface area contributed by atoms with Gasteiger partial charge < -0.3 is 15.3 Å². The molecule has 0 bridgehead atoms. The molecule has 0 aliphatic rings. The summed E-state index contributed by atoms with van der Waals surface area (Å²) in [5, 5.41) is 28.5. The maximum Gasteiger partial charge on any atom is 0.303 e. The highest BCUT2D eigenvalue weighted by molar-refractivity contribution is 5.66. The summed E-state index contributed by atoms with van der Waals surface area (Å²) in [4.78, 5) is 10.4. The van der Waals surface area contributed by atoms with Crippen LogP contribution in [0.4, 0.5) is 0 Å². The van der Waals surface area contributed by atoms with Crippen molar-refractivity contribution in [2.75, 3.05) is 0 Å². The number of hydrogen-bond acceptors (Lipinski definition) is 3. The molecule has 4 heteroatoms. The number of carbonyl (C=O) groups is 1. The normalized spacial score (nSPS) is 13.6. The Labute approximate surface area is 167 Å². The van der Waals surface area contributed by atoms with Gasteiger partial charge in [-0.2, -0.15) is 0 Å². The average Bonchev–Trinajstić information content (AvgIpc) is 2.64. The molecule has 3 N–H and O–H groups in total. The van der Waals surface area contributed by atoms with Crippen molar-refractivity contribution < 1.29 is 20.1 Å². The summed E-state index contributed by atoms with van der Waals surface area (Å²) in [6.45, 7) is 2.19. The van der Waals surface area contributed by atoms with E-state index in [9.17, 15) is 15.0 Å². The monoisotopic (exact) mass is 386 g/mol. The molecule has 2 atom stereocenters. The number of hydrogen-bond donors (Lipinski definition) is 3. The third kappa shape index (κ3) is 21.5. The van der Waals surface area contributed by atoms with E-state index in [2.05, 4.69) is 6.92 Å². The Morgan fingerprint density at radius 1 is 0.593 bits per heavy atom. The molecule has 4 nitrogen and oxygen atoms in total. The summed E-state index contributed by atoms with van der Waals surface area (Å²) in [6, 6.07) is 0. The molecule has 0 amide bonds. The van der Waals surface area contributed by atoms with Gasteiger partial charge in [0.2, 0.25) is 0 Å². The molecular formula is C23H46O4. The van der Waals surface area contributed by atoms with Gasteiger partial charge >= 0.3 is 5.97 Å². The average molecular weight is 387 g/mol. The molecule has 0 aromatic heterocycles. The Hall–Kier alpha value is -0.610. The van der Waals surface area contributed by atoms with Gasteiger partial charge in [-0.25, -0.2) is 0 Å². The Kier molecular flexibility index (Phi) is 19.7. The molecule has 0 aliphatic carbocycles. The fourth-order valence-electron chi connectivity index (χ4n) is 3.55. The molecule has 0 radical (unpaired) electrons. The van der Waals surface area contributed by atoms with Crippen LogP contribution in [0.1, 0.15) is 129 Å². The molecule has 162 valence electrons. The summed E-state index contributed by atoms with van der Waals surface area (Å²) in [5.41, 5.74) is 0. The van der Waals surface area contributed by atoms with Gasteiger partial charge in [-0.05, 0) is 32.1 Å². The van der Waals surface area contributed by atoms with Gasteiger partial charge in [-0.1, -0.05) is 90.4 Å². The highest BCUT2D eigenvalue weighted by Gasteiger charge is 2.09. The van der Waals surface area contributed by atoms with Gasteiger partial charge in [0, 0.05) is 6.42 Å². The first-order valence-electron chi connectivity index (χ1n) is 11.6. The van der Waals surface area contributed by atoms with Gasteiger partial charge in [0.1, 0.15) is 0 Å². The summed E-state index contributed by atoms with van der Waals surface area (Å²) in [6.07, 6.45) is 19.4. The second-order valence-corrected chi connectivity index (χ2v) is 8.20. The minimum absolute atomic E-state index is 0.236. The fourth-order valence-corrected chi connectivity index (χ4v) is 3.55. The Morgan fingerprint density at radius 3 is 1.37 bits per heavy atom. The van der Waals surface area contributed by atoms with Crippen LogP contribution >= 0.6 is 0 Å². The fraction of sp³-hybridized carbons (Fsp3) is 0.957. The predicted molar refractivity (Wildman–Crippen MR) is 113 cm³/mol. The molecule has 0 heterocycles. The Morgan fingerprint density at radius 2 is 0.963 bits per heavy atom. The number of aliphatic hydroxyl groups excluding tert-OH is 2. The van der Waals surface area contributed by atoms with Gasteiger partial charge in [0.05, 0.1) is 12.2 Å². The van der Waals surface area contributed by atoms with Crippen molar-refractivity contribution in [2.45, 2.75) is 141 Å². The van der Waals surface area contributed by atoms with Gasteiger partial charge in [0.25, 0.3) is 0 Å². The molecule has 0 rings (SSSR count). The van der Waals surface area contributed by atoms with E-state index in [1.165, 1.54) is 57.8 Å². The summed E-state index contributed by atoms with van der Waals surface area (Å²) in [7, 11) is 0. The number of aliphatic hydroxyl groups is 2. The summed E-state index contributed by atoms with van der Waals surface area (Å²) >= 11 is 0. The van der Waals surface area contributed by atoms with Crippen LogP contribution in [0.3, 0.4) is 0 Å². The molecule has 27 heavy (non-hydrogen) atoms. The SMILES string of the molecule is CCCCCCC(O)CCC(O)CCCCCCCCCCCCC(=O)O. The van der Waals surface area contributed by atoms with E-state index in [0.29, 0.717) is 6.42 Å². The second kappa shape index (κ2) is 20.1. The minimum Gasteiger partial charge on any atom is -0.481 e. The molecule has 0 saturated heterocycles. The first kappa shape index (κ1) is 26.4. The van der Waals surface area contributed by atoms with Gasteiger partial charge in [-0.3, -0.25) is 4.79 Å². The Bertz CT molecular complexity index is 320. The number of aliphatic carboxylic acids is 1. The van der Waals surface area contributed by atoms with Crippen LogP contribution in [0.15, 0.2) is 0 Å². The van der Waals surface area contributed by atoms with Crippen molar-refractivity contribution in [1.82, 2.24) is 0 Å². The van der Waals surface area contributed by atoms with Gasteiger partial charge in [0.15, 0.2) is 0 Å². The van der Waals surface area contributed by atoms with Crippen molar-refractivity contribution in [3.63, 3.8) is 0 Å². The Balaban J connectivity index is 3.26. The topological polar surface area (TPSA) is 77.8 Å². The lowest BCUT2D eigenvalue weighted by atomic mass is 10.00. The van der Waals surface area contributed by atoms with Crippen LogP contribution in [0.25, 0.3) is 0 Å². The standard InChI is InChI=1S/C23H46O4/c1-2-3-4-13-16-21(24)19-20-22(25)17-14-11-9-7-5-6-8-10-12-15-18-23(26)27/h21-22,24-25H,2-20H2,1H3,(H,26,27). The zero-order valence-electron chi connectivity index (χ0n) is 17.8. The lowest BCUT2D eigenvalue weighted by molar-refractivity contribution is -0.137. The van der Waals surface area contributed by atoms with Crippen LogP contribution < -0.4 is 0 Å². The van der Waals surface area contributed by atoms with Crippen LogP contribution in [0, 0.1) is 0 Å². The number of carboxylic acid groups (broad SMARTS) is 1.